The predicted molar refractivity (Wildman–Crippen MR) is 119 cm³/mol. The van der Waals surface area contributed by atoms with Crippen molar-refractivity contribution >= 4 is 26.9 Å². The molecule has 4 rings (SSSR count). The lowest BCUT2D eigenvalue weighted by atomic mass is 9.80. The Bertz CT molecular complexity index is 1170. The van der Waals surface area contributed by atoms with Gasteiger partial charge in [0.05, 0.1) is 11.6 Å². The summed E-state index contributed by atoms with van der Waals surface area (Å²) in [6.45, 7) is 1.33. The lowest BCUT2D eigenvalue weighted by molar-refractivity contribution is 0.159. The van der Waals surface area contributed by atoms with Gasteiger partial charge >= 0.3 is 0 Å². The van der Waals surface area contributed by atoms with E-state index in [0.29, 0.717) is 17.8 Å². The van der Waals surface area contributed by atoms with Gasteiger partial charge in [0, 0.05) is 30.9 Å². The van der Waals surface area contributed by atoms with Crippen LogP contribution in [-0.4, -0.2) is 54.7 Å². The lowest BCUT2D eigenvalue weighted by Gasteiger charge is -2.38. The quantitative estimate of drug-likeness (QED) is 0.598. The standard InChI is InChI=1S/C21H28N6O2S/c1-26(2)11-15-8-17(9-15)27-12-18(19-20(22)23-13-24-21(19)27)16-6-4-5-14(7-16)10-25-30(3,28)29/h4-7,12-13,15,17,25H,8-11H2,1-3H3,(H2,22,23,24)/t15-,17+. The van der Waals surface area contributed by atoms with Crippen molar-refractivity contribution in [1.29, 1.82) is 0 Å². The average Bonchev–Trinajstić information content (AvgIpc) is 3.03. The number of rotatable bonds is 7. The molecule has 2 heterocycles. The molecule has 2 aromatic heterocycles. The van der Waals surface area contributed by atoms with Gasteiger partial charge < -0.3 is 15.2 Å². The minimum Gasteiger partial charge on any atom is -0.383 e. The van der Waals surface area contributed by atoms with E-state index in [9.17, 15) is 8.42 Å². The Balaban J connectivity index is 1.69. The molecule has 0 bridgehead atoms. The topological polar surface area (TPSA) is 106 Å². The summed E-state index contributed by atoms with van der Waals surface area (Å²) >= 11 is 0. The Kier molecular flexibility index (Phi) is 5.52. The van der Waals surface area contributed by atoms with Gasteiger partial charge in [0.25, 0.3) is 0 Å². The number of hydrogen-bond acceptors (Lipinski definition) is 6. The number of sulfonamides is 1. The number of nitrogens with one attached hydrogen (secondary N) is 1. The van der Waals surface area contributed by atoms with Crippen molar-refractivity contribution in [3.63, 3.8) is 0 Å². The highest BCUT2D eigenvalue weighted by molar-refractivity contribution is 7.88. The number of hydrogen-bond donors (Lipinski definition) is 2. The van der Waals surface area contributed by atoms with Crippen LogP contribution in [0, 0.1) is 5.92 Å². The molecule has 1 fully saturated rings. The number of aromatic nitrogens is 3. The third kappa shape index (κ3) is 4.33. The summed E-state index contributed by atoms with van der Waals surface area (Å²) in [5, 5.41) is 0.849. The number of nitrogen functional groups attached to an aromatic ring is 1. The third-order valence-electron chi connectivity index (χ3n) is 5.64. The molecule has 0 saturated heterocycles. The normalized spacial score (nSPS) is 19.3. The summed E-state index contributed by atoms with van der Waals surface area (Å²) < 4.78 is 27.7. The molecule has 1 saturated carbocycles. The lowest BCUT2D eigenvalue weighted by Crippen LogP contribution is -2.33. The van der Waals surface area contributed by atoms with Gasteiger partial charge in [-0.25, -0.2) is 23.1 Å². The van der Waals surface area contributed by atoms with Gasteiger partial charge in [-0.15, -0.1) is 0 Å². The predicted octanol–water partition coefficient (Wildman–Crippen LogP) is 2.24. The number of benzene rings is 1. The molecule has 0 radical (unpaired) electrons. The van der Waals surface area contributed by atoms with Crippen molar-refractivity contribution in [2.75, 3.05) is 32.6 Å². The van der Waals surface area contributed by atoms with Crippen LogP contribution in [0.25, 0.3) is 22.2 Å². The molecule has 3 N–H and O–H groups in total. The molecule has 30 heavy (non-hydrogen) atoms. The van der Waals surface area contributed by atoms with Crippen LogP contribution in [-0.2, 0) is 16.6 Å². The van der Waals surface area contributed by atoms with Gasteiger partial charge in [0.2, 0.25) is 10.0 Å². The van der Waals surface area contributed by atoms with E-state index in [1.54, 1.807) is 0 Å². The molecule has 0 unspecified atom stereocenters. The minimum atomic E-state index is -3.26. The van der Waals surface area contributed by atoms with Crippen LogP contribution in [0.15, 0.2) is 36.8 Å². The number of anilines is 1. The summed E-state index contributed by atoms with van der Waals surface area (Å²) in [5.41, 5.74) is 9.92. The van der Waals surface area contributed by atoms with Crippen molar-refractivity contribution < 1.29 is 8.42 Å². The fourth-order valence-corrected chi connectivity index (χ4v) is 4.69. The third-order valence-corrected chi connectivity index (χ3v) is 6.31. The van der Waals surface area contributed by atoms with Crippen LogP contribution in [0.2, 0.25) is 0 Å². The SMILES string of the molecule is CN(C)C[C@H]1C[C@@H](n2cc(-c3cccc(CNS(C)(=O)=O)c3)c3c(N)ncnc32)C1. The van der Waals surface area contributed by atoms with Gasteiger partial charge in [0.1, 0.15) is 17.8 Å². The van der Waals surface area contributed by atoms with Gasteiger partial charge in [-0.1, -0.05) is 18.2 Å². The second kappa shape index (κ2) is 7.98. The molecule has 9 heteroatoms. The minimum absolute atomic E-state index is 0.242. The van der Waals surface area contributed by atoms with Crippen molar-refractivity contribution in [3.8, 4) is 11.1 Å². The van der Waals surface area contributed by atoms with Crippen molar-refractivity contribution in [2.45, 2.75) is 25.4 Å². The largest absolute Gasteiger partial charge is 0.383 e. The zero-order valence-electron chi connectivity index (χ0n) is 17.5. The van der Waals surface area contributed by atoms with Crippen LogP contribution in [0.1, 0.15) is 24.4 Å². The zero-order chi connectivity index (χ0) is 21.5. The van der Waals surface area contributed by atoms with E-state index < -0.39 is 10.0 Å². The van der Waals surface area contributed by atoms with Gasteiger partial charge in [-0.05, 0) is 50.0 Å². The Hall–Kier alpha value is -2.49. The van der Waals surface area contributed by atoms with E-state index >= 15 is 0 Å². The summed E-state index contributed by atoms with van der Waals surface area (Å²) in [6, 6.07) is 8.22. The Morgan fingerprint density at radius 1 is 1.27 bits per heavy atom. The summed E-state index contributed by atoms with van der Waals surface area (Å²) in [4.78, 5) is 11.0. The summed E-state index contributed by atoms with van der Waals surface area (Å²) in [7, 11) is 0.959. The first-order valence-electron chi connectivity index (χ1n) is 10.0. The highest BCUT2D eigenvalue weighted by atomic mass is 32.2. The zero-order valence-corrected chi connectivity index (χ0v) is 18.4. The van der Waals surface area contributed by atoms with Crippen LogP contribution < -0.4 is 10.5 Å². The molecule has 1 aliphatic rings. The van der Waals surface area contributed by atoms with E-state index in [0.717, 1.165) is 53.4 Å². The Morgan fingerprint density at radius 3 is 2.73 bits per heavy atom. The highest BCUT2D eigenvalue weighted by Gasteiger charge is 2.32. The van der Waals surface area contributed by atoms with Crippen LogP contribution in [0.5, 0.6) is 0 Å². The first-order chi connectivity index (χ1) is 14.2. The Labute approximate surface area is 177 Å². The molecule has 0 spiro atoms. The molecule has 1 aromatic carbocycles. The van der Waals surface area contributed by atoms with Crippen molar-refractivity contribution in [1.82, 2.24) is 24.2 Å². The van der Waals surface area contributed by atoms with E-state index in [1.807, 2.05) is 24.3 Å². The maximum absolute atomic E-state index is 11.4. The molecule has 160 valence electrons. The second-order valence-corrected chi connectivity index (χ2v) is 10.3. The van der Waals surface area contributed by atoms with Crippen molar-refractivity contribution in [2.24, 2.45) is 5.92 Å². The van der Waals surface area contributed by atoms with Gasteiger partial charge in [-0.3, -0.25) is 0 Å². The van der Waals surface area contributed by atoms with Gasteiger partial charge in [0.15, 0.2) is 0 Å². The highest BCUT2D eigenvalue weighted by Crippen LogP contribution is 2.43. The molecular formula is C21H28N6O2S. The molecule has 0 aliphatic heterocycles. The number of nitrogens with zero attached hydrogens (tertiary/aromatic N) is 4. The van der Waals surface area contributed by atoms with Crippen LogP contribution in [0.4, 0.5) is 5.82 Å². The Morgan fingerprint density at radius 2 is 2.03 bits per heavy atom. The van der Waals surface area contributed by atoms with E-state index in [4.69, 9.17) is 5.73 Å². The second-order valence-electron chi connectivity index (χ2n) is 8.45. The maximum Gasteiger partial charge on any atom is 0.209 e. The molecule has 0 atom stereocenters. The smallest absolute Gasteiger partial charge is 0.209 e. The van der Waals surface area contributed by atoms with E-state index in [2.05, 4.69) is 44.4 Å². The van der Waals surface area contributed by atoms with Crippen LogP contribution >= 0.6 is 0 Å². The monoisotopic (exact) mass is 428 g/mol. The fourth-order valence-electron chi connectivity index (χ4n) is 4.26. The molecule has 1 aliphatic carbocycles. The van der Waals surface area contributed by atoms with Crippen LogP contribution in [0.3, 0.4) is 0 Å². The summed E-state index contributed by atoms with van der Waals surface area (Å²) in [6.07, 6.45) is 7.02. The molecule has 8 nitrogen and oxygen atoms in total. The van der Waals surface area contributed by atoms with E-state index in [-0.39, 0.29) is 6.54 Å². The first-order valence-corrected chi connectivity index (χ1v) is 11.9. The number of fused-ring (bicyclic) bond motifs is 1. The molecular weight excluding hydrogens is 400 g/mol. The van der Waals surface area contributed by atoms with E-state index in [1.165, 1.54) is 6.33 Å². The first kappa shape index (κ1) is 20.8. The van der Waals surface area contributed by atoms with Crippen molar-refractivity contribution in [3.05, 3.63) is 42.4 Å². The number of nitrogens with two attached hydrogens (primary N) is 1. The maximum atomic E-state index is 11.4. The van der Waals surface area contributed by atoms with Gasteiger partial charge in [-0.2, -0.15) is 0 Å². The fraction of sp³-hybridized carbons (Fsp3) is 0.429. The summed E-state index contributed by atoms with van der Waals surface area (Å²) in [5.74, 6) is 1.15. The molecule has 3 aromatic rings. The molecule has 0 amide bonds. The average molecular weight is 429 g/mol.